The van der Waals surface area contributed by atoms with Gasteiger partial charge in [0, 0.05) is 30.9 Å². The Morgan fingerprint density at radius 2 is 1.67 bits per heavy atom. The quantitative estimate of drug-likeness (QED) is 0.910. The van der Waals surface area contributed by atoms with Crippen LogP contribution in [-0.4, -0.2) is 14.8 Å². The molecular formula is C17H24N4. The van der Waals surface area contributed by atoms with E-state index in [0.717, 1.165) is 16.9 Å². The zero-order chi connectivity index (χ0) is 14.7. The van der Waals surface area contributed by atoms with Crippen molar-refractivity contribution >= 4 is 5.82 Å². The second kappa shape index (κ2) is 6.29. The molecule has 21 heavy (non-hydrogen) atoms. The Bertz CT molecular complexity index is 580. The number of hydrogen-bond donors (Lipinski definition) is 1. The summed E-state index contributed by atoms with van der Waals surface area (Å²) in [6.07, 6.45) is 12.8. The van der Waals surface area contributed by atoms with E-state index in [9.17, 15) is 0 Å². The zero-order valence-corrected chi connectivity index (χ0v) is 12.8. The first-order chi connectivity index (χ1) is 10.3. The molecule has 112 valence electrons. The van der Waals surface area contributed by atoms with Gasteiger partial charge in [-0.05, 0) is 30.5 Å². The molecule has 0 unspecified atom stereocenters. The number of nitrogens with two attached hydrogens (primary N) is 1. The molecule has 1 aliphatic carbocycles. The van der Waals surface area contributed by atoms with Crippen molar-refractivity contribution in [3.8, 4) is 11.1 Å². The summed E-state index contributed by atoms with van der Waals surface area (Å²) in [4.78, 5) is 4.11. The third-order valence-electron chi connectivity index (χ3n) is 4.58. The van der Waals surface area contributed by atoms with Crippen LogP contribution in [0.3, 0.4) is 0 Å². The van der Waals surface area contributed by atoms with Gasteiger partial charge in [0.05, 0.1) is 5.69 Å². The molecule has 1 aliphatic rings. The van der Waals surface area contributed by atoms with E-state index in [1.54, 1.807) is 0 Å². The van der Waals surface area contributed by atoms with Crippen LogP contribution < -0.4 is 5.73 Å². The Labute approximate surface area is 126 Å². The zero-order valence-electron chi connectivity index (χ0n) is 12.8. The van der Waals surface area contributed by atoms with Gasteiger partial charge in [-0.1, -0.05) is 32.1 Å². The highest BCUT2D eigenvalue weighted by Crippen LogP contribution is 2.38. The number of aryl methyl sites for hydroxylation is 1. The lowest BCUT2D eigenvalue weighted by atomic mass is 9.86. The summed E-state index contributed by atoms with van der Waals surface area (Å²) in [5.74, 6) is 1.30. The average molecular weight is 284 g/mol. The van der Waals surface area contributed by atoms with E-state index in [-0.39, 0.29) is 0 Å². The van der Waals surface area contributed by atoms with Crippen LogP contribution in [0.25, 0.3) is 11.1 Å². The summed E-state index contributed by atoms with van der Waals surface area (Å²) < 4.78 is 1.82. The third-order valence-corrected chi connectivity index (χ3v) is 4.58. The minimum absolute atomic E-state index is 0.539. The van der Waals surface area contributed by atoms with Crippen molar-refractivity contribution in [2.75, 3.05) is 5.73 Å². The van der Waals surface area contributed by atoms with Gasteiger partial charge in [-0.3, -0.25) is 9.67 Å². The molecule has 0 amide bonds. The molecule has 0 radical (unpaired) electrons. The van der Waals surface area contributed by atoms with Crippen LogP contribution >= 0.6 is 0 Å². The highest BCUT2D eigenvalue weighted by Gasteiger charge is 2.23. The van der Waals surface area contributed by atoms with Gasteiger partial charge in [-0.15, -0.1) is 0 Å². The summed E-state index contributed by atoms with van der Waals surface area (Å²) in [6.45, 7) is 0. The fourth-order valence-electron chi connectivity index (χ4n) is 3.39. The summed E-state index contributed by atoms with van der Waals surface area (Å²) in [7, 11) is 1.94. The maximum absolute atomic E-state index is 6.29. The van der Waals surface area contributed by atoms with Gasteiger partial charge in [0.15, 0.2) is 0 Å². The Hall–Kier alpha value is -1.84. The second-order valence-corrected chi connectivity index (χ2v) is 6.05. The first-order valence-electron chi connectivity index (χ1n) is 8.00. The van der Waals surface area contributed by atoms with Crippen molar-refractivity contribution in [2.24, 2.45) is 7.05 Å². The van der Waals surface area contributed by atoms with Crippen LogP contribution in [0, 0.1) is 0 Å². The number of nitrogen functional groups attached to an aromatic ring is 1. The molecule has 0 aliphatic heterocycles. The molecule has 0 spiro atoms. The highest BCUT2D eigenvalue weighted by atomic mass is 15.3. The molecule has 4 nitrogen and oxygen atoms in total. The Kier molecular flexibility index (Phi) is 4.23. The molecule has 2 aromatic rings. The summed E-state index contributed by atoms with van der Waals surface area (Å²) >= 11 is 0. The monoisotopic (exact) mass is 284 g/mol. The Morgan fingerprint density at radius 3 is 2.33 bits per heavy atom. The van der Waals surface area contributed by atoms with Gasteiger partial charge < -0.3 is 5.73 Å². The minimum Gasteiger partial charge on any atom is -0.383 e. The number of rotatable bonds is 2. The maximum Gasteiger partial charge on any atom is 0.129 e. The molecule has 3 rings (SSSR count). The van der Waals surface area contributed by atoms with Crippen LogP contribution in [0.15, 0.2) is 24.5 Å². The Balaban J connectivity index is 1.99. The van der Waals surface area contributed by atoms with Gasteiger partial charge in [0.1, 0.15) is 5.82 Å². The molecule has 0 saturated heterocycles. The smallest absolute Gasteiger partial charge is 0.129 e. The first kappa shape index (κ1) is 14.1. The van der Waals surface area contributed by atoms with Crippen LogP contribution in [0.2, 0.25) is 0 Å². The molecule has 1 saturated carbocycles. The predicted molar refractivity (Wildman–Crippen MR) is 85.9 cm³/mol. The van der Waals surface area contributed by atoms with Crippen molar-refractivity contribution in [2.45, 2.75) is 50.9 Å². The number of pyridine rings is 1. The molecule has 2 heterocycles. The largest absolute Gasteiger partial charge is 0.383 e. The molecule has 4 heteroatoms. The number of anilines is 1. The second-order valence-electron chi connectivity index (χ2n) is 6.05. The molecule has 2 aromatic heterocycles. The minimum atomic E-state index is 0.539. The fourth-order valence-corrected chi connectivity index (χ4v) is 3.39. The van der Waals surface area contributed by atoms with Crippen molar-refractivity contribution in [1.82, 2.24) is 14.8 Å². The highest BCUT2D eigenvalue weighted by molar-refractivity contribution is 5.76. The molecule has 0 atom stereocenters. The van der Waals surface area contributed by atoms with Crippen LogP contribution in [0.1, 0.15) is 56.6 Å². The average Bonchev–Trinajstić information content (AvgIpc) is 2.75. The van der Waals surface area contributed by atoms with Crippen LogP contribution in [-0.2, 0) is 7.05 Å². The molecular weight excluding hydrogens is 260 g/mol. The van der Waals surface area contributed by atoms with Gasteiger partial charge in [0.25, 0.3) is 0 Å². The van der Waals surface area contributed by atoms with Gasteiger partial charge in [0.2, 0.25) is 0 Å². The van der Waals surface area contributed by atoms with E-state index < -0.39 is 0 Å². The predicted octanol–water partition coefficient (Wildman–Crippen LogP) is 3.89. The van der Waals surface area contributed by atoms with E-state index in [1.807, 2.05) is 36.3 Å². The topological polar surface area (TPSA) is 56.7 Å². The van der Waals surface area contributed by atoms with Crippen LogP contribution in [0.5, 0.6) is 0 Å². The number of aromatic nitrogens is 3. The third kappa shape index (κ3) is 2.94. The SMILES string of the molecule is Cn1nc(C2CCCCCCC2)c(-c2ccncc2)c1N. The van der Waals surface area contributed by atoms with Crippen molar-refractivity contribution < 1.29 is 0 Å². The van der Waals surface area contributed by atoms with E-state index in [2.05, 4.69) is 4.98 Å². The van der Waals surface area contributed by atoms with E-state index in [4.69, 9.17) is 10.8 Å². The van der Waals surface area contributed by atoms with Gasteiger partial charge >= 0.3 is 0 Å². The van der Waals surface area contributed by atoms with E-state index in [1.165, 1.54) is 50.6 Å². The van der Waals surface area contributed by atoms with E-state index in [0.29, 0.717) is 5.92 Å². The number of hydrogen-bond acceptors (Lipinski definition) is 3. The Morgan fingerprint density at radius 1 is 1.05 bits per heavy atom. The van der Waals surface area contributed by atoms with E-state index >= 15 is 0 Å². The molecule has 0 aromatic carbocycles. The first-order valence-corrected chi connectivity index (χ1v) is 8.00. The van der Waals surface area contributed by atoms with Crippen molar-refractivity contribution in [1.29, 1.82) is 0 Å². The van der Waals surface area contributed by atoms with Crippen molar-refractivity contribution in [3.05, 3.63) is 30.2 Å². The molecule has 0 bridgehead atoms. The fraction of sp³-hybridized carbons (Fsp3) is 0.529. The lowest BCUT2D eigenvalue weighted by Crippen LogP contribution is -2.05. The van der Waals surface area contributed by atoms with Gasteiger partial charge in [-0.2, -0.15) is 5.10 Å². The van der Waals surface area contributed by atoms with Crippen molar-refractivity contribution in [3.63, 3.8) is 0 Å². The summed E-state index contributed by atoms with van der Waals surface area (Å²) in [5, 5.41) is 4.75. The maximum atomic E-state index is 6.29. The normalized spacial score (nSPS) is 17.4. The summed E-state index contributed by atoms with van der Waals surface area (Å²) in [6, 6.07) is 4.06. The molecule has 1 fully saturated rings. The van der Waals surface area contributed by atoms with Gasteiger partial charge in [-0.25, -0.2) is 0 Å². The van der Waals surface area contributed by atoms with Crippen LogP contribution in [0.4, 0.5) is 5.82 Å². The standard InChI is InChI=1S/C17H24N4/c1-21-17(18)15(13-9-11-19-12-10-13)16(20-21)14-7-5-3-2-4-6-8-14/h9-12,14H,2-8,18H2,1H3. The molecule has 2 N–H and O–H groups in total. The number of nitrogens with zero attached hydrogens (tertiary/aromatic N) is 3. The summed E-state index contributed by atoms with van der Waals surface area (Å²) in [5.41, 5.74) is 9.72. The lowest BCUT2D eigenvalue weighted by Gasteiger charge is -2.19. The lowest BCUT2D eigenvalue weighted by molar-refractivity contribution is 0.447.